The third kappa shape index (κ3) is 3.20. The molecule has 80 valence electrons. The molecule has 0 aliphatic carbocycles. The van der Waals surface area contributed by atoms with Crippen molar-refractivity contribution in [3.05, 3.63) is 36.0 Å². The normalized spacial score (nSPS) is 9.80. The highest BCUT2D eigenvalue weighted by Gasteiger charge is 2.04. The monoisotopic (exact) mass is 204 g/mol. The molecule has 0 aliphatic heterocycles. The van der Waals surface area contributed by atoms with E-state index < -0.39 is 0 Å². The zero-order valence-corrected chi connectivity index (χ0v) is 9.45. The predicted octanol–water partition coefficient (Wildman–Crippen LogP) is 2.30. The van der Waals surface area contributed by atoms with Gasteiger partial charge in [0.1, 0.15) is 5.82 Å². The first-order chi connectivity index (χ1) is 7.00. The lowest BCUT2D eigenvalue weighted by molar-refractivity contribution is 0.101. The average Bonchev–Trinajstić information content (AvgIpc) is 2.17. The van der Waals surface area contributed by atoms with E-state index in [1.54, 1.807) is 12.3 Å². The first kappa shape index (κ1) is 11.4. The van der Waals surface area contributed by atoms with Gasteiger partial charge in [-0.25, -0.2) is 4.98 Å². The third-order valence-electron chi connectivity index (χ3n) is 2.05. The minimum absolute atomic E-state index is 0.0385. The standard InChI is InChI=1S/C12H16N2O/c1-9(2)8-14(4)12-6-5-11(7-13-12)10(3)15/h5-7H,1,8H2,2-4H3. The molecule has 0 fully saturated rings. The summed E-state index contributed by atoms with van der Waals surface area (Å²) in [5, 5.41) is 0. The maximum absolute atomic E-state index is 11.0. The van der Waals surface area contributed by atoms with Gasteiger partial charge in [-0.15, -0.1) is 0 Å². The summed E-state index contributed by atoms with van der Waals surface area (Å²) in [7, 11) is 1.95. The van der Waals surface area contributed by atoms with E-state index in [9.17, 15) is 4.79 Å². The molecule has 0 spiro atoms. The molecule has 3 heteroatoms. The highest BCUT2D eigenvalue weighted by molar-refractivity contribution is 5.93. The van der Waals surface area contributed by atoms with Crippen LogP contribution in [0.5, 0.6) is 0 Å². The van der Waals surface area contributed by atoms with Crippen molar-refractivity contribution in [3.8, 4) is 0 Å². The molecular weight excluding hydrogens is 188 g/mol. The van der Waals surface area contributed by atoms with Crippen LogP contribution in [0.1, 0.15) is 24.2 Å². The lowest BCUT2D eigenvalue weighted by atomic mass is 10.2. The number of ketones is 1. The van der Waals surface area contributed by atoms with Crippen molar-refractivity contribution in [1.29, 1.82) is 0 Å². The van der Waals surface area contributed by atoms with Gasteiger partial charge in [-0.3, -0.25) is 4.79 Å². The molecule has 1 rings (SSSR count). The van der Waals surface area contributed by atoms with Gasteiger partial charge in [-0.1, -0.05) is 12.2 Å². The second-order valence-corrected chi connectivity index (χ2v) is 3.77. The zero-order valence-electron chi connectivity index (χ0n) is 9.45. The predicted molar refractivity (Wildman–Crippen MR) is 62.3 cm³/mol. The van der Waals surface area contributed by atoms with E-state index in [0.717, 1.165) is 17.9 Å². The Morgan fingerprint density at radius 3 is 2.53 bits per heavy atom. The SMILES string of the molecule is C=C(C)CN(C)c1ccc(C(C)=O)cn1. The number of aromatic nitrogens is 1. The number of anilines is 1. The van der Waals surface area contributed by atoms with Crippen LogP contribution in [-0.4, -0.2) is 24.4 Å². The van der Waals surface area contributed by atoms with E-state index in [4.69, 9.17) is 0 Å². The summed E-state index contributed by atoms with van der Waals surface area (Å²) in [6.45, 7) is 8.12. The minimum Gasteiger partial charge on any atom is -0.356 e. The zero-order chi connectivity index (χ0) is 11.4. The summed E-state index contributed by atoms with van der Waals surface area (Å²) in [6.07, 6.45) is 1.60. The van der Waals surface area contributed by atoms with Crippen LogP contribution in [0.2, 0.25) is 0 Å². The van der Waals surface area contributed by atoms with Crippen molar-refractivity contribution in [3.63, 3.8) is 0 Å². The summed E-state index contributed by atoms with van der Waals surface area (Å²) in [6, 6.07) is 3.64. The van der Waals surface area contributed by atoms with Gasteiger partial charge < -0.3 is 4.90 Å². The number of carbonyl (C=O) groups excluding carboxylic acids is 1. The molecule has 0 amide bonds. The van der Waals surface area contributed by atoms with Crippen LogP contribution in [0.25, 0.3) is 0 Å². The van der Waals surface area contributed by atoms with Gasteiger partial charge in [0.15, 0.2) is 5.78 Å². The number of Topliss-reactive ketones (excluding diaryl/α,β-unsaturated/α-hetero) is 1. The minimum atomic E-state index is 0.0385. The fourth-order valence-corrected chi connectivity index (χ4v) is 1.31. The van der Waals surface area contributed by atoms with Crippen LogP contribution in [0.15, 0.2) is 30.5 Å². The Labute approximate surface area is 90.4 Å². The molecule has 0 aliphatic rings. The number of hydrogen-bond acceptors (Lipinski definition) is 3. The smallest absolute Gasteiger partial charge is 0.161 e. The van der Waals surface area contributed by atoms with Gasteiger partial charge >= 0.3 is 0 Å². The van der Waals surface area contributed by atoms with Crippen molar-refractivity contribution >= 4 is 11.6 Å². The van der Waals surface area contributed by atoms with Crippen molar-refractivity contribution in [1.82, 2.24) is 4.98 Å². The van der Waals surface area contributed by atoms with Gasteiger partial charge in [0.05, 0.1) is 0 Å². The van der Waals surface area contributed by atoms with Crippen LogP contribution >= 0.6 is 0 Å². The topological polar surface area (TPSA) is 33.2 Å². The van der Waals surface area contributed by atoms with Crippen LogP contribution in [0.3, 0.4) is 0 Å². The van der Waals surface area contributed by atoms with Gasteiger partial charge in [-0.05, 0) is 26.0 Å². The van der Waals surface area contributed by atoms with Crippen molar-refractivity contribution in [2.24, 2.45) is 0 Å². The Hall–Kier alpha value is -1.64. The average molecular weight is 204 g/mol. The number of hydrogen-bond donors (Lipinski definition) is 0. The highest BCUT2D eigenvalue weighted by atomic mass is 16.1. The second kappa shape index (κ2) is 4.73. The lowest BCUT2D eigenvalue weighted by Crippen LogP contribution is -2.20. The van der Waals surface area contributed by atoms with Crippen molar-refractivity contribution < 1.29 is 4.79 Å². The van der Waals surface area contributed by atoms with Crippen molar-refractivity contribution in [2.45, 2.75) is 13.8 Å². The van der Waals surface area contributed by atoms with Crippen LogP contribution in [0.4, 0.5) is 5.82 Å². The van der Waals surface area contributed by atoms with E-state index >= 15 is 0 Å². The molecule has 0 unspecified atom stereocenters. The first-order valence-electron chi connectivity index (χ1n) is 4.83. The van der Waals surface area contributed by atoms with E-state index in [2.05, 4.69) is 11.6 Å². The first-order valence-corrected chi connectivity index (χ1v) is 4.83. The van der Waals surface area contributed by atoms with Gasteiger partial charge in [0, 0.05) is 25.4 Å². The molecular formula is C12H16N2O. The van der Waals surface area contributed by atoms with Crippen LogP contribution < -0.4 is 4.90 Å². The Kier molecular flexibility index (Phi) is 3.61. The van der Waals surface area contributed by atoms with Crippen LogP contribution in [-0.2, 0) is 0 Å². The van der Waals surface area contributed by atoms with E-state index in [0.29, 0.717) is 5.56 Å². The summed E-state index contributed by atoms with van der Waals surface area (Å²) in [4.78, 5) is 17.2. The Bertz CT molecular complexity index is 368. The fraction of sp³-hybridized carbons (Fsp3) is 0.333. The molecule has 3 nitrogen and oxygen atoms in total. The van der Waals surface area contributed by atoms with Gasteiger partial charge in [-0.2, -0.15) is 0 Å². The van der Waals surface area contributed by atoms with Gasteiger partial charge in [0.2, 0.25) is 0 Å². The molecule has 0 N–H and O–H groups in total. The molecule has 15 heavy (non-hydrogen) atoms. The van der Waals surface area contributed by atoms with Crippen molar-refractivity contribution in [2.75, 3.05) is 18.5 Å². The van der Waals surface area contributed by atoms with E-state index in [1.165, 1.54) is 6.92 Å². The Morgan fingerprint density at radius 1 is 1.47 bits per heavy atom. The molecule has 0 radical (unpaired) electrons. The second-order valence-electron chi connectivity index (χ2n) is 3.77. The summed E-state index contributed by atoms with van der Waals surface area (Å²) in [5.74, 6) is 0.889. The van der Waals surface area contributed by atoms with Gasteiger partial charge in [0.25, 0.3) is 0 Å². The van der Waals surface area contributed by atoms with E-state index in [1.807, 2.05) is 24.9 Å². The summed E-state index contributed by atoms with van der Waals surface area (Å²) in [5.41, 5.74) is 1.72. The molecule has 1 aromatic rings. The Balaban J connectivity index is 2.79. The molecule has 0 bridgehead atoms. The lowest BCUT2D eigenvalue weighted by Gasteiger charge is -2.17. The molecule has 0 saturated heterocycles. The maximum atomic E-state index is 11.0. The molecule has 1 heterocycles. The number of likely N-dealkylation sites (N-methyl/N-ethyl adjacent to an activating group) is 1. The number of nitrogens with zero attached hydrogens (tertiary/aromatic N) is 2. The highest BCUT2D eigenvalue weighted by Crippen LogP contribution is 2.10. The number of pyridine rings is 1. The Morgan fingerprint density at radius 2 is 2.13 bits per heavy atom. The third-order valence-corrected chi connectivity index (χ3v) is 2.05. The largest absolute Gasteiger partial charge is 0.356 e. The fourth-order valence-electron chi connectivity index (χ4n) is 1.31. The summed E-state index contributed by atoms with van der Waals surface area (Å²) < 4.78 is 0. The quantitative estimate of drug-likeness (QED) is 0.557. The number of rotatable bonds is 4. The molecule has 0 aromatic carbocycles. The maximum Gasteiger partial charge on any atom is 0.161 e. The van der Waals surface area contributed by atoms with Crippen LogP contribution in [0, 0.1) is 0 Å². The molecule has 1 aromatic heterocycles. The molecule has 0 saturated carbocycles. The van der Waals surface area contributed by atoms with E-state index in [-0.39, 0.29) is 5.78 Å². The number of carbonyl (C=O) groups is 1. The summed E-state index contributed by atoms with van der Waals surface area (Å²) >= 11 is 0. The molecule has 0 atom stereocenters.